The lowest BCUT2D eigenvalue weighted by molar-refractivity contribution is -0.146. The van der Waals surface area contributed by atoms with Gasteiger partial charge in [0.25, 0.3) is 5.56 Å². The molecule has 0 aliphatic carbocycles. The van der Waals surface area contributed by atoms with E-state index in [4.69, 9.17) is 9.47 Å². The van der Waals surface area contributed by atoms with Gasteiger partial charge in [0.2, 0.25) is 0 Å². The van der Waals surface area contributed by atoms with Crippen LogP contribution in [0.15, 0.2) is 34.1 Å². The smallest absolute Gasteiger partial charge is 0.344 e. The van der Waals surface area contributed by atoms with Crippen molar-refractivity contribution in [1.82, 2.24) is 18.7 Å². The van der Waals surface area contributed by atoms with Crippen LogP contribution in [0.2, 0.25) is 0 Å². The molecule has 0 N–H and O–H groups in total. The molecule has 0 spiro atoms. The molecule has 0 aliphatic rings. The molecule has 0 aliphatic heterocycles. The minimum Gasteiger partial charge on any atom is -0.482 e. The van der Waals surface area contributed by atoms with E-state index in [2.05, 4.69) is 4.98 Å². The molecule has 0 amide bonds. The highest BCUT2D eigenvalue weighted by Gasteiger charge is 2.15. The van der Waals surface area contributed by atoms with Gasteiger partial charge in [-0.1, -0.05) is 12.1 Å². The Bertz CT molecular complexity index is 1170. The van der Waals surface area contributed by atoms with Crippen LogP contribution in [0.1, 0.15) is 17.5 Å². The maximum absolute atomic E-state index is 12.6. The maximum atomic E-state index is 12.6. The van der Waals surface area contributed by atoms with Gasteiger partial charge >= 0.3 is 11.7 Å². The first kappa shape index (κ1) is 20.4. The summed E-state index contributed by atoms with van der Waals surface area (Å²) in [6.45, 7) is 3.86. The molecule has 9 nitrogen and oxygen atoms in total. The molecule has 0 bridgehead atoms. The highest BCUT2D eigenvalue weighted by Crippen LogP contribution is 2.18. The second-order valence-corrected chi connectivity index (χ2v) is 6.96. The summed E-state index contributed by atoms with van der Waals surface area (Å²) in [4.78, 5) is 41.0. The van der Waals surface area contributed by atoms with Gasteiger partial charge in [-0.3, -0.25) is 13.9 Å². The second kappa shape index (κ2) is 8.34. The molecule has 0 atom stereocenters. The van der Waals surface area contributed by atoms with Crippen molar-refractivity contribution < 1.29 is 14.3 Å². The normalized spacial score (nSPS) is 11.0. The van der Waals surface area contributed by atoms with Crippen LogP contribution in [0.5, 0.6) is 5.75 Å². The molecule has 0 radical (unpaired) electrons. The number of fused-ring (bicyclic) bond motifs is 1. The molecule has 2 aromatic heterocycles. The van der Waals surface area contributed by atoms with Crippen LogP contribution in [0.3, 0.4) is 0 Å². The van der Waals surface area contributed by atoms with Crippen molar-refractivity contribution >= 4 is 17.1 Å². The molecular formula is C20H24N4O5. The van der Waals surface area contributed by atoms with Crippen molar-refractivity contribution in [3.63, 3.8) is 0 Å². The lowest BCUT2D eigenvalue weighted by Crippen LogP contribution is -2.39. The fourth-order valence-electron chi connectivity index (χ4n) is 3.04. The van der Waals surface area contributed by atoms with Gasteiger partial charge < -0.3 is 14.0 Å². The van der Waals surface area contributed by atoms with Crippen molar-refractivity contribution in [1.29, 1.82) is 0 Å². The van der Waals surface area contributed by atoms with Gasteiger partial charge in [0.1, 0.15) is 5.75 Å². The second-order valence-electron chi connectivity index (χ2n) is 6.96. The standard InChI is InChI=1S/C20H24N4O5/c1-13-6-7-14(2)15(10-13)29-11-16(25)28-9-5-8-24-19(26)17-18(21-12-22(17)3)23(4)20(24)27/h6-7,10,12H,5,8-9,11H2,1-4H3. The van der Waals surface area contributed by atoms with E-state index in [9.17, 15) is 14.4 Å². The fourth-order valence-corrected chi connectivity index (χ4v) is 3.04. The number of rotatable bonds is 7. The summed E-state index contributed by atoms with van der Waals surface area (Å²) < 4.78 is 14.7. The monoisotopic (exact) mass is 400 g/mol. The fraction of sp³-hybridized carbons (Fsp3) is 0.400. The Morgan fingerprint density at radius 1 is 1.17 bits per heavy atom. The molecular weight excluding hydrogens is 376 g/mol. The number of benzene rings is 1. The number of hydrogen-bond donors (Lipinski definition) is 0. The van der Waals surface area contributed by atoms with Crippen molar-refractivity contribution in [2.75, 3.05) is 13.2 Å². The zero-order valence-electron chi connectivity index (χ0n) is 17.0. The van der Waals surface area contributed by atoms with E-state index in [0.717, 1.165) is 15.7 Å². The molecule has 0 saturated carbocycles. The Kier molecular flexibility index (Phi) is 5.86. The largest absolute Gasteiger partial charge is 0.482 e. The summed E-state index contributed by atoms with van der Waals surface area (Å²) in [5.74, 6) is 0.134. The van der Waals surface area contributed by atoms with E-state index in [-0.39, 0.29) is 19.8 Å². The maximum Gasteiger partial charge on any atom is 0.344 e. The molecule has 2 heterocycles. The van der Waals surface area contributed by atoms with Gasteiger partial charge in [-0.15, -0.1) is 0 Å². The Morgan fingerprint density at radius 3 is 2.69 bits per heavy atom. The van der Waals surface area contributed by atoms with Crippen LogP contribution in [0, 0.1) is 13.8 Å². The molecule has 154 valence electrons. The van der Waals surface area contributed by atoms with Gasteiger partial charge in [-0.05, 0) is 37.5 Å². The predicted molar refractivity (Wildman–Crippen MR) is 107 cm³/mol. The molecule has 0 unspecified atom stereocenters. The molecule has 29 heavy (non-hydrogen) atoms. The average molecular weight is 400 g/mol. The third-order valence-electron chi connectivity index (χ3n) is 4.68. The number of nitrogens with zero attached hydrogens (tertiary/aromatic N) is 4. The average Bonchev–Trinajstić information content (AvgIpc) is 3.08. The topological polar surface area (TPSA) is 97.3 Å². The number of carbonyl (C=O) groups is 1. The summed E-state index contributed by atoms with van der Waals surface area (Å²) in [6, 6.07) is 5.75. The number of imidazole rings is 1. The zero-order chi connectivity index (χ0) is 21.1. The van der Waals surface area contributed by atoms with Crippen LogP contribution < -0.4 is 16.0 Å². The Labute approximate surface area is 167 Å². The molecule has 3 rings (SSSR count). The van der Waals surface area contributed by atoms with Gasteiger partial charge in [0, 0.05) is 20.6 Å². The first-order valence-electron chi connectivity index (χ1n) is 9.26. The number of ether oxygens (including phenoxy) is 2. The summed E-state index contributed by atoms with van der Waals surface area (Å²) in [5.41, 5.74) is 1.80. The summed E-state index contributed by atoms with van der Waals surface area (Å²) in [7, 11) is 3.27. The minimum atomic E-state index is -0.506. The molecule has 0 fully saturated rings. The van der Waals surface area contributed by atoms with Crippen LogP contribution in [-0.2, 0) is 30.2 Å². The van der Waals surface area contributed by atoms with E-state index in [1.807, 2.05) is 32.0 Å². The van der Waals surface area contributed by atoms with E-state index < -0.39 is 17.2 Å². The summed E-state index contributed by atoms with van der Waals surface area (Å²) in [6.07, 6.45) is 1.82. The zero-order valence-corrected chi connectivity index (χ0v) is 17.0. The molecule has 9 heteroatoms. The number of aromatic nitrogens is 4. The lowest BCUT2D eigenvalue weighted by Gasteiger charge is -2.11. The quantitative estimate of drug-likeness (QED) is 0.435. The van der Waals surface area contributed by atoms with Crippen molar-refractivity contribution in [3.8, 4) is 5.75 Å². The molecule has 0 saturated heterocycles. The first-order valence-corrected chi connectivity index (χ1v) is 9.26. The Morgan fingerprint density at radius 2 is 1.93 bits per heavy atom. The lowest BCUT2D eigenvalue weighted by atomic mass is 10.1. The number of hydrogen-bond acceptors (Lipinski definition) is 6. The van der Waals surface area contributed by atoms with E-state index in [0.29, 0.717) is 23.3 Å². The van der Waals surface area contributed by atoms with E-state index >= 15 is 0 Å². The number of aryl methyl sites for hydroxylation is 4. The molecule has 1 aromatic carbocycles. The van der Waals surface area contributed by atoms with Gasteiger partial charge in [0.15, 0.2) is 17.8 Å². The van der Waals surface area contributed by atoms with Crippen molar-refractivity contribution in [3.05, 3.63) is 56.5 Å². The van der Waals surface area contributed by atoms with Crippen molar-refractivity contribution in [2.24, 2.45) is 14.1 Å². The summed E-state index contributed by atoms with van der Waals surface area (Å²) in [5, 5.41) is 0. The first-order chi connectivity index (χ1) is 13.8. The third kappa shape index (κ3) is 4.23. The van der Waals surface area contributed by atoms with Gasteiger partial charge in [0.05, 0.1) is 12.9 Å². The number of esters is 1. The van der Waals surface area contributed by atoms with E-state index in [1.54, 1.807) is 18.7 Å². The van der Waals surface area contributed by atoms with Crippen LogP contribution in [0.4, 0.5) is 0 Å². The van der Waals surface area contributed by atoms with Crippen LogP contribution in [0.25, 0.3) is 11.2 Å². The van der Waals surface area contributed by atoms with Crippen LogP contribution in [-0.4, -0.2) is 37.9 Å². The molecule has 3 aromatic rings. The Balaban J connectivity index is 1.56. The highest BCUT2D eigenvalue weighted by molar-refractivity contribution is 5.71. The van der Waals surface area contributed by atoms with Gasteiger partial charge in [-0.2, -0.15) is 0 Å². The van der Waals surface area contributed by atoms with E-state index in [1.165, 1.54) is 10.9 Å². The minimum absolute atomic E-state index is 0.0774. The predicted octanol–water partition coefficient (Wildman–Crippen LogP) is 1.06. The Hall–Kier alpha value is -3.36. The number of carbonyl (C=O) groups excluding carboxylic acids is 1. The third-order valence-corrected chi connectivity index (χ3v) is 4.68. The van der Waals surface area contributed by atoms with Crippen LogP contribution >= 0.6 is 0 Å². The highest BCUT2D eigenvalue weighted by atomic mass is 16.6. The van der Waals surface area contributed by atoms with Crippen molar-refractivity contribution in [2.45, 2.75) is 26.8 Å². The van der Waals surface area contributed by atoms with Gasteiger partial charge in [-0.25, -0.2) is 14.6 Å². The summed E-state index contributed by atoms with van der Waals surface area (Å²) >= 11 is 0. The SMILES string of the molecule is Cc1ccc(C)c(OCC(=O)OCCCn2c(=O)c3c(ncn3C)n(C)c2=O)c1.